The van der Waals surface area contributed by atoms with E-state index in [4.69, 9.17) is 0 Å². The Labute approximate surface area is 167 Å². The van der Waals surface area contributed by atoms with Crippen LogP contribution in [0.15, 0.2) is 82.1 Å². The molecule has 28 heavy (non-hydrogen) atoms. The van der Waals surface area contributed by atoms with Gasteiger partial charge in [0.05, 0.1) is 16.5 Å². The molecule has 1 aromatic heterocycles. The zero-order chi connectivity index (χ0) is 19.7. The number of nitrogens with one attached hydrogen (secondary N) is 1. The number of carbonyl (C=O) groups is 1. The Hall–Kier alpha value is -3.32. The van der Waals surface area contributed by atoms with Gasteiger partial charge in [-0.15, -0.1) is 0 Å². The third kappa shape index (κ3) is 3.32. The summed E-state index contributed by atoms with van der Waals surface area (Å²) in [6, 6.07) is 19.3. The number of rotatable bonds is 3. The fourth-order valence-electron chi connectivity index (χ4n) is 2.83. The van der Waals surface area contributed by atoms with Gasteiger partial charge in [-0.3, -0.25) is 15.0 Å². The second-order valence-corrected chi connectivity index (χ2v) is 6.94. The van der Waals surface area contributed by atoms with E-state index in [2.05, 4.69) is 26.3 Å². The Morgan fingerprint density at radius 2 is 1.64 bits per heavy atom. The Balaban J connectivity index is 1.90. The van der Waals surface area contributed by atoms with Crippen LogP contribution < -0.4 is 11.0 Å². The molecular formula is C21H13BrFN3O2. The average Bonchev–Trinajstić information content (AvgIpc) is 2.71. The van der Waals surface area contributed by atoms with Crippen LogP contribution in [-0.4, -0.2) is 15.6 Å². The highest BCUT2D eigenvalue weighted by molar-refractivity contribution is 9.10. The summed E-state index contributed by atoms with van der Waals surface area (Å²) in [5.41, 5.74) is 2.94. The molecule has 3 aromatic carbocycles. The van der Waals surface area contributed by atoms with E-state index in [9.17, 15) is 14.0 Å². The largest absolute Gasteiger partial charge is 0.280 e. The first-order chi connectivity index (χ1) is 13.5. The summed E-state index contributed by atoms with van der Waals surface area (Å²) < 4.78 is 16.2. The topological polar surface area (TPSA) is 64.0 Å². The van der Waals surface area contributed by atoms with Crippen molar-refractivity contribution in [1.29, 1.82) is 0 Å². The van der Waals surface area contributed by atoms with Crippen molar-refractivity contribution < 1.29 is 9.18 Å². The van der Waals surface area contributed by atoms with E-state index in [1.54, 1.807) is 60.7 Å². The molecule has 7 heteroatoms. The molecule has 0 fully saturated rings. The highest BCUT2D eigenvalue weighted by Gasteiger charge is 2.18. The molecule has 0 aliphatic heterocycles. The van der Waals surface area contributed by atoms with E-state index in [1.807, 2.05) is 0 Å². The van der Waals surface area contributed by atoms with Gasteiger partial charge in [-0.1, -0.05) is 40.2 Å². The molecule has 0 saturated carbocycles. The maximum Gasteiger partial charge on any atom is 0.280 e. The number of amides is 1. The second kappa shape index (κ2) is 7.36. The second-order valence-electron chi connectivity index (χ2n) is 6.02. The monoisotopic (exact) mass is 437 g/mol. The van der Waals surface area contributed by atoms with Crippen LogP contribution in [0.5, 0.6) is 0 Å². The van der Waals surface area contributed by atoms with Gasteiger partial charge >= 0.3 is 0 Å². The Morgan fingerprint density at radius 1 is 0.964 bits per heavy atom. The zero-order valence-corrected chi connectivity index (χ0v) is 16.0. The molecule has 0 aliphatic carbocycles. The molecule has 1 amide bonds. The maximum atomic E-state index is 14.4. The first-order valence-corrected chi connectivity index (χ1v) is 9.17. The van der Waals surface area contributed by atoms with Crippen LogP contribution in [0.4, 0.5) is 4.39 Å². The molecule has 4 rings (SSSR count). The first kappa shape index (κ1) is 18.1. The molecule has 0 atom stereocenters. The molecule has 138 valence electrons. The van der Waals surface area contributed by atoms with E-state index in [0.717, 1.165) is 9.15 Å². The van der Waals surface area contributed by atoms with Crippen molar-refractivity contribution in [3.8, 4) is 11.4 Å². The van der Waals surface area contributed by atoms with Crippen LogP contribution >= 0.6 is 15.9 Å². The molecule has 0 bridgehead atoms. The number of aromatic nitrogens is 2. The highest BCUT2D eigenvalue weighted by atomic mass is 79.9. The van der Waals surface area contributed by atoms with Crippen molar-refractivity contribution in [3.05, 3.63) is 99.0 Å². The molecule has 0 spiro atoms. The van der Waals surface area contributed by atoms with Crippen LogP contribution in [0.2, 0.25) is 0 Å². The Morgan fingerprint density at radius 3 is 2.39 bits per heavy atom. The molecule has 0 saturated heterocycles. The van der Waals surface area contributed by atoms with Crippen molar-refractivity contribution in [2.75, 3.05) is 5.43 Å². The Kier molecular flexibility index (Phi) is 4.75. The van der Waals surface area contributed by atoms with Gasteiger partial charge in [-0.2, -0.15) is 4.68 Å². The predicted octanol–water partition coefficient (Wildman–Crippen LogP) is 4.35. The summed E-state index contributed by atoms with van der Waals surface area (Å²) in [5.74, 6) is -1.03. The van der Waals surface area contributed by atoms with E-state index in [0.29, 0.717) is 16.5 Å². The lowest BCUT2D eigenvalue weighted by molar-refractivity contribution is 0.101. The van der Waals surface area contributed by atoms with Gasteiger partial charge in [0.1, 0.15) is 5.82 Å². The number of benzene rings is 3. The van der Waals surface area contributed by atoms with Crippen LogP contribution in [0, 0.1) is 5.82 Å². The van der Waals surface area contributed by atoms with Crippen molar-refractivity contribution in [3.63, 3.8) is 0 Å². The van der Waals surface area contributed by atoms with Crippen molar-refractivity contribution >= 4 is 32.7 Å². The maximum absolute atomic E-state index is 14.4. The summed E-state index contributed by atoms with van der Waals surface area (Å²) in [6.45, 7) is 0. The number of para-hydroxylation sites is 1. The number of fused-ring (bicyclic) bond motifs is 1. The third-order valence-corrected chi connectivity index (χ3v) is 4.74. The van der Waals surface area contributed by atoms with Gasteiger partial charge in [-0.05, 0) is 48.5 Å². The minimum atomic E-state index is -0.545. The van der Waals surface area contributed by atoms with E-state index in [1.165, 1.54) is 12.1 Å². The van der Waals surface area contributed by atoms with Gasteiger partial charge in [0.25, 0.3) is 11.5 Å². The minimum absolute atomic E-state index is 0.0206. The smallest absolute Gasteiger partial charge is 0.267 e. The fraction of sp³-hybridized carbons (Fsp3) is 0. The lowest BCUT2D eigenvalue weighted by Gasteiger charge is -2.15. The molecule has 5 nitrogen and oxygen atoms in total. The van der Waals surface area contributed by atoms with E-state index >= 15 is 0 Å². The minimum Gasteiger partial charge on any atom is -0.267 e. The fourth-order valence-corrected chi connectivity index (χ4v) is 3.09. The summed E-state index contributed by atoms with van der Waals surface area (Å²) in [6.07, 6.45) is 0. The van der Waals surface area contributed by atoms with E-state index < -0.39 is 17.3 Å². The van der Waals surface area contributed by atoms with Crippen LogP contribution in [-0.2, 0) is 0 Å². The number of nitrogens with zero attached hydrogens (tertiary/aromatic N) is 2. The Bertz CT molecular complexity index is 1250. The summed E-state index contributed by atoms with van der Waals surface area (Å²) in [4.78, 5) is 30.1. The highest BCUT2D eigenvalue weighted by Crippen LogP contribution is 2.21. The van der Waals surface area contributed by atoms with E-state index in [-0.39, 0.29) is 11.4 Å². The molecule has 0 unspecified atom stereocenters. The van der Waals surface area contributed by atoms with Gasteiger partial charge in [0.15, 0.2) is 5.82 Å². The van der Waals surface area contributed by atoms with Crippen molar-refractivity contribution in [2.45, 2.75) is 0 Å². The summed E-state index contributed by atoms with van der Waals surface area (Å²) in [7, 11) is 0. The van der Waals surface area contributed by atoms with Gasteiger partial charge < -0.3 is 0 Å². The van der Waals surface area contributed by atoms with Gasteiger partial charge in [0.2, 0.25) is 0 Å². The zero-order valence-electron chi connectivity index (χ0n) is 14.4. The lowest BCUT2D eigenvalue weighted by atomic mass is 10.1. The number of carbonyl (C=O) groups excluding carboxylic acids is 1. The average molecular weight is 438 g/mol. The van der Waals surface area contributed by atoms with Crippen molar-refractivity contribution in [2.24, 2.45) is 0 Å². The quantitative estimate of drug-likeness (QED) is 0.518. The molecule has 0 aliphatic rings. The number of hydrogen-bond donors (Lipinski definition) is 1. The molecule has 1 N–H and O–H groups in total. The first-order valence-electron chi connectivity index (χ1n) is 8.38. The standard InChI is InChI=1S/C21H13BrFN3O2/c22-14-11-9-13(10-12-14)20(27)25-26-19(15-5-1-3-7-17(15)23)24-18-8-4-2-6-16(18)21(26)28/h1-12H,(H,25,27). The third-order valence-electron chi connectivity index (χ3n) is 4.21. The summed E-state index contributed by atoms with van der Waals surface area (Å²) >= 11 is 3.31. The van der Waals surface area contributed by atoms with Crippen molar-refractivity contribution in [1.82, 2.24) is 9.66 Å². The van der Waals surface area contributed by atoms with Gasteiger partial charge in [-0.25, -0.2) is 9.37 Å². The SMILES string of the molecule is O=C(Nn1c(-c2ccccc2F)nc2ccccc2c1=O)c1ccc(Br)cc1. The van der Waals surface area contributed by atoms with Gasteiger partial charge in [0, 0.05) is 10.0 Å². The predicted molar refractivity (Wildman–Crippen MR) is 109 cm³/mol. The lowest BCUT2D eigenvalue weighted by Crippen LogP contribution is -2.35. The van der Waals surface area contributed by atoms with Crippen LogP contribution in [0.25, 0.3) is 22.3 Å². The number of hydrogen-bond acceptors (Lipinski definition) is 3. The normalized spacial score (nSPS) is 10.8. The van der Waals surface area contributed by atoms with Crippen LogP contribution in [0.3, 0.4) is 0 Å². The molecular weight excluding hydrogens is 425 g/mol. The molecule has 0 radical (unpaired) electrons. The molecule has 4 aromatic rings. The summed E-state index contributed by atoms with van der Waals surface area (Å²) in [5, 5.41) is 0.318. The number of halogens is 2. The van der Waals surface area contributed by atoms with Crippen LogP contribution in [0.1, 0.15) is 10.4 Å². The molecule has 1 heterocycles.